The first kappa shape index (κ1) is 9.92. The van der Waals surface area contributed by atoms with Crippen LogP contribution in [-0.2, 0) is 13.0 Å². The zero-order chi connectivity index (χ0) is 10.8. The minimum Gasteiger partial charge on any atom is -0.330 e. The highest BCUT2D eigenvalue weighted by atomic mass is 16.1. The molecule has 5 nitrogen and oxygen atoms in total. The number of fused-ring (bicyclic) bond motifs is 1. The van der Waals surface area contributed by atoms with Gasteiger partial charge in [0.2, 0.25) is 0 Å². The third-order valence-corrected chi connectivity index (χ3v) is 2.43. The smallest absolute Gasteiger partial charge is 0.252 e. The molecule has 0 aliphatic carbocycles. The highest BCUT2D eigenvalue weighted by Gasteiger charge is 2.05. The maximum atomic E-state index is 11.6. The molecule has 0 spiro atoms. The fourth-order valence-corrected chi connectivity index (χ4v) is 1.66. The van der Waals surface area contributed by atoms with E-state index in [2.05, 4.69) is 10.1 Å². The second kappa shape index (κ2) is 3.86. The Bertz CT molecular complexity index is 526. The molecule has 0 amide bonds. The summed E-state index contributed by atoms with van der Waals surface area (Å²) in [5.74, 6) is 0. The zero-order valence-electron chi connectivity index (χ0n) is 8.66. The van der Waals surface area contributed by atoms with Gasteiger partial charge in [-0.05, 0) is 26.0 Å². The Labute approximate surface area is 86.9 Å². The average molecular weight is 206 g/mol. The molecule has 0 aliphatic rings. The standard InChI is InChI=1S/C10H14N4O/c1-2-14-9-8(6-12-14)5-7(3-4-11)10(15)13-9/h5-6H,2-4,11H2,1H3,(H,13,15). The number of nitrogens with two attached hydrogens (primary N) is 1. The minimum absolute atomic E-state index is 0.0665. The van der Waals surface area contributed by atoms with E-state index in [-0.39, 0.29) is 5.56 Å². The Morgan fingerprint density at radius 1 is 1.60 bits per heavy atom. The molecule has 0 bridgehead atoms. The van der Waals surface area contributed by atoms with Gasteiger partial charge in [-0.3, -0.25) is 4.79 Å². The highest BCUT2D eigenvalue weighted by Crippen LogP contribution is 2.10. The van der Waals surface area contributed by atoms with Crippen LogP contribution in [0.5, 0.6) is 0 Å². The van der Waals surface area contributed by atoms with Crippen LogP contribution in [0.1, 0.15) is 12.5 Å². The molecule has 0 aliphatic heterocycles. The molecule has 0 fully saturated rings. The quantitative estimate of drug-likeness (QED) is 0.755. The second-order valence-electron chi connectivity index (χ2n) is 3.43. The van der Waals surface area contributed by atoms with Gasteiger partial charge in [0, 0.05) is 17.5 Å². The number of aromatic amines is 1. The lowest BCUT2D eigenvalue weighted by Crippen LogP contribution is -2.17. The van der Waals surface area contributed by atoms with Gasteiger partial charge in [-0.2, -0.15) is 5.10 Å². The molecule has 0 unspecified atom stereocenters. The Balaban J connectivity index is 2.62. The summed E-state index contributed by atoms with van der Waals surface area (Å²) >= 11 is 0. The van der Waals surface area contributed by atoms with Crippen molar-refractivity contribution >= 4 is 11.0 Å². The SMILES string of the molecule is CCn1ncc2cc(CCN)c(=O)[nH]c21. The van der Waals surface area contributed by atoms with Gasteiger partial charge in [0.1, 0.15) is 5.65 Å². The molecule has 2 heterocycles. The minimum atomic E-state index is -0.0665. The maximum Gasteiger partial charge on any atom is 0.252 e. The molecule has 15 heavy (non-hydrogen) atoms. The van der Waals surface area contributed by atoms with Crippen molar-refractivity contribution in [1.82, 2.24) is 14.8 Å². The van der Waals surface area contributed by atoms with Crippen molar-refractivity contribution in [3.8, 4) is 0 Å². The number of aryl methyl sites for hydroxylation is 1. The van der Waals surface area contributed by atoms with Crippen LogP contribution in [-0.4, -0.2) is 21.3 Å². The molecule has 2 aromatic rings. The van der Waals surface area contributed by atoms with E-state index in [0.717, 1.165) is 23.1 Å². The lowest BCUT2D eigenvalue weighted by atomic mass is 10.2. The van der Waals surface area contributed by atoms with Crippen molar-refractivity contribution in [2.75, 3.05) is 6.54 Å². The fourth-order valence-electron chi connectivity index (χ4n) is 1.66. The van der Waals surface area contributed by atoms with E-state index < -0.39 is 0 Å². The van der Waals surface area contributed by atoms with E-state index in [1.54, 1.807) is 10.9 Å². The molecule has 80 valence electrons. The third kappa shape index (κ3) is 1.66. The van der Waals surface area contributed by atoms with Crippen molar-refractivity contribution in [3.63, 3.8) is 0 Å². The van der Waals surface area contributed by atoms with Crippen molar-refractivity contribution in [3.05, 3.63) is 28.2 Å². The van der Waals surface area contributed by atoms with Crippen molar-refractivity contribution in [1.29, 1.82) is 0 Å². The molecular formula is C10H14N4O. The van der Waals surface area contributed by atoms with Gasteiger partial charge in [-0.1, -0.05) is 0 Å². The van der Waals surface area contributed by atoms with Crippen LogP contribution in [0.3, 0.4) is 0 Å². The molecule has 2 rings (SSSR count). The van der Waals surface area contributed by atoms with Crippen LogP contribution < -0.4 is 11.3 Å². The van der Waals surface area contributed by atoms with Gasteiger partial charge in [-0.15, -0.1) is 0 Å². The van der Waals surface area contributed by atoms with Crippen LogP contribution >= 0.6 is 0 Å². The molecule has 0 radical (unpaired) electrons. The number of aromatic nitrogens is 3. The topological polar surface area (TPSA) is 76.7 Å². The number of nitrogens with one attached hydrogen (secondary N) is 1. The lowest BCUT2D eigenvalue weighted by Gasteiger charge is -2.00. The first-order valence-electron chi connectivity index (χ1n) is 5.04. The lowest BCUT2D eigenvalue weighted by molar-refractivity contribution is 0.675. The zero-order valence-corrected chi connectivity index (χ0v) is 8.66. The predicted octanol–water partition coefficient (Wildman–Crippen LogP) is 0.246. The summed E-state index contributed by atoms with van der Waals surface area (Å²) in [6, 6.07) is 1.86. The predicted molar refractivity (Wildman–Crippen MR) is 58.8 cm³/mol. The summed E-state index contributed by atoms with van der Waals surface area (Å²) in [5.41, 5.74) is 6.87. The number of hydrogen-bond acceptors (Lipinski definition) is 3. The number of pyridine rings is 1. The van der Waals surface area contributed by atoms with E-state index in [1.807, 2.05) is 13.0 Å². The van der Waals surface area contributed by atoms with Gasteiger partial charge in [0.25, 0.3) is 5.56 Å². The number of hydrogen-bond donors (Lipinski definition) is 2. The van der Waals surface area contributed by atoms with Crippen LogP contribution in [0, 0.1) is 0 Å². The summed E-state index contributed by atoms with van der Waals surface area (Å²) < 4.78 is 1.77. The van der Waals surface area contributed by atoms with Gasteiger partial charge < -0.3 is 10.7 Å². The van der Waals surface area contributed by atoms with Crippen LogP contribution in [0.25, 0.3) is 11.0 Å². The summed E-state index contributed by atoms with van der Waals surface area (Å²) in [7, 11) is 0. The molecule has 0 atom stereocenters. The Kier molecular flexibility index (Phi) is 2.55. The molecule has 5 heteroatoms. The summed E-state index contributed by atoms with van der Waals surface area (Å²) in [5, 5.41) is 5.13. The first-order chi connectivity index (χ1) is 7.26. The normalized spacial score (nSPS) is 11.1. The molecule has 0 aromatic carbocycles. The van der Waals surface area contributed by atoms with Gasteiger partial charge in [-0.25, -0.2) is 4.68 Å². The Hall–Kier alpha value is -1.62. The fraction of sp³-hybridized carbons (Fsp3) is 0.400. The Morgan fingerprint density at radius 2 is 2.40 bits per heavy atom. The number of rotatable bonds is 3. The van der Waals surface area contributed by atoms with Crippen molar-refractivity contribution in [2.45, 2.75) is 19.9 Å². The van der Waals surface area contributed by atoms with Gasteiger partial charge in [0.05, 0.1) is 6.20 Å². The Morgan fingerprint density at radius 3 is 3.07 bits per heavy atom. The molecule has 0 saturated heterocycles. The van der Waals surface area contributed by atoms with E-state index in [4.69, 9.17) is 5.73 Å². The van der Waals surface area contributed by atoms with E-state index in [0.29, 0.717) is 13.0 Å². The van der Waals surface area contributed by atoms with E-state index >= 15 is 0 Å². The second-order valence-corrected chi connectivity index (χ2v) is 3.43. The summed E-state index contributed by atoms with van der Waals surface area (Å²) in [6.07, 6.45) is 2.36. The van der Waals surface area contributed by atoms with Gasteiger partial charge >= 0.3 is 0 Å². The van der Waals surface area contributed by atoms with E-state index in [1.165, 1.54) is 0 Å². The highest BCUT2D eigenvalue weighted by molar-refractivity contribution is 5.74. The summed E-state index contributed by atoms with van der Waals surface area (Å²) in [6.45, 7) is 3.21. The molecule has 2 aromatic heterocycles. The van der Waals surface area contributed by atoms with Gasteiger partial charge in [0.15, 0.2) is 0 Å². The van der Waals surface area contributed by atoms with Crippen LogP contribution in [0.15, 0.2) is 17.1 Å². The molecule has 0 saturated carbocycles. The third-order valence-electron chi connectivity index (χ3n) is 2.43. The van der Waals surface area contributed by atoms with Crippen molar-refractivity contribution in [2.24, 2.45) is 5.73 Å². The average Bonchev–Trinajstić information content (AvgIpc) is 2.61. The number of nitrogens with zero attached hydrogens (tertiary/aromatic N) is 2. The van der Waals surface area contributed by atoms with Crippen molar-refractivity contribution < 1.29 is 0 Å². The first-order valence-corrected chi connectivity index (χ1v) is 5.04. The largest absolute Gasteiger partial charge is 0.330 e. The van der Waals surface area contributed by atoms with Crippen LogP contribution in [0.4, 0.5) is 0 Å². The monoisotopic (exact) mass is 206 g/mol. The van der Waals surface area contributed by atoms with E-state index in [9.17, 15) is 4.79 Å². The van der Waals surface area contributed by atoms with Crippen LogP contribution in [0.2, 0.25) is 0 Å². The maximum absolute atomic E-state index is 11.6. The molecule has 3 N–H and O–H groups in total. The molecular weight excluding hydrogens is 192 g/mol. The summed E-state index contributed by atoms with van der Waals surface area (Å²) in [4.78, 5) is 14.5. The number of H-pyrrole nitrogens is 1.